The molecule has 1 aliphatic heterocycles. The third-order valence-electron chi connectivity index (χ3n) is 4.37. The van der Waals surface area contributed by atoms with Crippen LogP contribution in [0, 0.1) is 5.82 Å². The van der Waals surface area contributed by atoms with Gasteiger partial charge >= 0.3 is 0 Å². The number of nitrogens with zero attached hydrogens (tertiary/aromatic N) is 5. The number of hydrogen-bond donors (Lipinski definition) is 1. The zero-order valence-corrected chi connectivity index (χ0v) is 13.8. The van der Waals surface area contributed by atoms with Gasteiger partial charge in [0.2, 0.25) is 0 Å². The lowest BCUT2D eigenvalue weighted by Gasteiger charge is -2.17. The monoisotopic (exact) mass is 338 g/mol. The van der Waals surface area contributed by atoms with Crippen LogP contribution in [0.5, 0.6) is 0 Å². The minimum Gasteiger partial charge on any atom is -0.370 e. The largest absolute Gasteiger partial charge is 0.370 e. The number of benzene rings is 1. The first kappa shape index (κ1) is 15.6. The maximum absolute atomic E-state index is 14.2. The van der Waals surface area contributed by atoms with E-state index in [0.717, 1.165) is 30.2 Å². The molecule has 3 aromatic rings. The average molecular weight is 338 g/mol. The van der Waals surface area contributed by atoms with Gasteiger partial charge in [-0.2, -0.15) is 5.10 Å². The average Bonchev–Trinajstić information content (AvgIpc) is 3.34. The summed E-state index contributed by atoms with van der Waals surface area (Å²) in [6.45, 7) is 2.71. The van der Waals surface area contributed by atoms with E-state index in [2.05, 4.69) is 31.3 Å². The van der Waals surface area contributed by atoms with Gasteiger partial charge in [-0.05, 0) is 42.7 Å². The first-order valence-corrected chi connectivity index (χ1v) is 8.38. The Balaban J connectivity index is 1.40. The predicted octanol–water partition coefficient (Wildman–Crippen LogP) is 3.01. The molecular weight excluding hydrogens is 319 g/mol. The molecule has 3 heterocycles. The van der Waals surface area contributed by atoms with E-state index in [0.29, 0.717) is 12.2 Å². The van der Waals surface area contributed by atoms with Crippen LogP contribution in [0.3, 0.4) is 0 Å². The standard InChI is InChI=1S/C18H19FN6/c19-16-9-14(3-5-17(16)25-13-20-12-23-25)10-21-18-6-4-15(11-22-18)24-7-1-2-8-24/h3-6,9,11-13H,1-2,7-8,10H2,(H,21,22). The van der Waals surface area contributed by atoms with E-state index < -0.39 is 0 Å². The summed E-state index contributed by atoms with van der Waals surface area (Å²) >= 11 is 0. The summed E-state index contributed by atoms with van der Waals surface area (Å²) < 4.78 is 15.6. The summed E-state index contributed by atoms with van der Waals surface area (Å²) in [5.74, 6) is 0.450. The molecule has 0 unspecified atom stereocenters. The van der Waals surface area contributed by atoms with Crippen LogP contribution in [-0.2, 0) is 6.54 Å². The lowest BCUT2D eigenvalue weighted by atomic mass is 10.2. The first-order valence-electron chi connectivity index (χ1n) is 8.38. The molecule has 0 aliphatic carbocycles. The summed E-state index contributed by atoms with van der Waals surface area (Å²) in [5.41, 5.74) is 2.38. The van der Waals surface area contributed by atoms with Crippen molar-refractivity contribution in [2.75, 3.05) is 23.3 Å². The van der Waals surface area contributed by atoms with Gasteiger partial charge in [-0.3, -0.25) is 0 Å². The van der Waals surface area contributed by atoms with Crippen LogP contribution >= 0.6 is 0 Å². The van der Waals surface area contributed by atoms with Gasteiger partial charge in [0.25, 0.3) is 0 Å². The van der Waals surface area contributed by atoms with Crippen LogP contribution < -0.4 is 10.2 Å². The Hall–Kier alpha value is -2.96. The van der Waals surface area contributed by atoms with E-state index in [4.69, 9.17) is 0 Å². The lowest BCUT2D eigenvalue weighted by Crippen LogP contribution is -2.17. The highest BCUT2D eigenvalue weighted by molar-refractivity contribution is 5.50. The molecule has 1 fully saturated rings. The molecule has 1 aromatic carbocycles. The van der Waals surface area contributed by atoms with Crippen molar-refractivity contribution >= 4 is 11.5 Å². The molecule has 1 saturated heterocycles. The highest BCUT2D eigenvalue weighted by atomic mass is 19.1. The maximum Gasteiger partial charge on any atom is 0.149 e. The summed E-state index contributed by atoms with van der Waals surface area (Å²) in [5, 5.41) is 7.18. The molecule has 25 heavy (non-hydrogen) atoms. The van der Waals surface area contributed by atoms with Gasteiger partial charge in [-0.25, -0.2) is 19.0 Å². The van der Waals surface area contributed by atoms with Crippen molar-refractivity contribution in [2.45, 2.75) is 19.4 Å². The fraction of sp³-hybridized carbons (Fsp3) is 0.278. The SMILES string of the molecule is Fc1cc(CNc2ccc(N3CCCC3)cn2)ccc1-n1cncn1. The minimum atomic E-state index is -0.331. The quantitative estimate of drug-likeness (QED) is 0.775. The van der Waals surface area contributed by atoms with Crippen LogP contribution in [-0.4, -0.2) is 32.8 Å². The number of aromatic nitrogens is 4. The summed E-state index contributed by atoms with van der Waals surface area (Å²) in [7, 11) is 0. The Bertz CT molecular complexity index is 825. The number of rotatable bonds is 5. The van der Waals surface area contributed by atoms with E-state index in [1.807, 2.05) is 18.3 Å². The molecule has 0 spiro atoms. The van der Waals surface area contributed by atoms with Crippen molar-refractivity contribution in [3.05, 3.63) is 60.6 Å². The van der Waals surface area contributed by atoms with Gasteiger partial charge in [-0.1, -0.05) is 6.07 Å². The third-order valence-corrected chi connectivity index (χ3v) is 4.37. The van der Waals surface area contributed by atoms with Crippen molar-refractivity contribution in [3.8, 4) is 5.69 Å². The van der Waals surface area contributed by atoms with E-state index in [1.165, 1.54) is 36.2 Å². The molecule has 2 aromatic heterocycles. The summed E-state index contributed by atoms with van der Waals surface area (Å²) in [4.78, 5) is 10.6. The zero-order chi connectivity index (χ0) is 17.1. The molecule has 1 aliphatic rings. The molecule has 0 atom stereocenters. The molecule has 4 rings (SSSR count). The third kappa shape index (κ3) is 3.45. The molecule has 1 N–H and O–H groups in total. The number of hydrogen-bond acceptors (Lipinski definition) is 5. The van der Waals surface area contributed by atoms with Gasteiger partial charge in [0.15, 0.2) is 0 Å². The Kier molecular flexibility index (Phi) is 4.28. The maximum atomic E-state index is 14.2. The Morgan fingerprint density at radius 3 is 2.68 bits per heavy atom. The summed E-state index contributed by atoms with van der Waals surface area (Å²) in [6, 6.07) is 9.11. The van der Waals surface area contributed by atoms with Gasteiger partial charge < -0.3 is 10.2 Å². The number of pyridine rings is 1. The topological polar surface area (TPSA) is 58.9 Å². The number of halogens is 1. The zero-order valence-electron chi connectivity index (χ0n) is 13.8. The second-order valence-corrected chi connectivity index (χ2v) is 6.08. The van der Waals surface area contributed by atoms with Crippen LogP contribution in [0.4, 0.5) is 15.9 Å². The van der Waals surface area contributed by atoms with Crippen molar-refractivity contribution in [1.82, 2.24) is 19.7 Å². The molecule has 0 radical (unpaired) electrons. The van der Waals surface area contributed by atoms with Crippen LogP contribution in [0.25, 0.3) is 5.69 Å². The Morgan fingerprint density at radius 2 is 2.00 bits per heavy atom. The smallest absolute Gasteiger partial charge is 0.149 e. The molecule has 7 heteroatoms. The van der Waals surface area contributed by atoms with E-state index >= 15 is 0 Å². The van der Waals surface area contributed by atoms with Crippen molar-refractivity contribution < 1.29 is 4.39 Å². The van der Waals surface area contributed by atoms with Crippen LogP contribution in [0.2, 0.25) is 0 Å². The van der Waals surface area contributed by atoms with E-state index in [-0.39, 0.29) is 5.82 Å². The fourth-order valence-electron chi connectivity index (χ4n) is 3.02. The van der Waals surface area contributed by atoms with Crippen molar-refractivity contribution in [3.63, 3.8) is 0 Å². The van der Waals surface area contributed by atoms with E-state index in [9.17, 15) is 4.39 Å². The van der Waals surface area contributed by atoms with Crippen molar-refractivity contribution in [1.29, 1.82) is 0 Å². The van der Waals surface area contributed by atoms with Gasteiger partial charge in [0.05, 0.1) is 11.9 Å². The Morgan fingerprint density at radius 1 is 1.12 bits per heavy atom. The molecule has 0 saturated carbocycles. The van der Waals surface area contributed by atoms with Gasteiger partial charge in [-0.15, -0.1) is 0 Å². The van der Waals surface area contributed by atoms with E-state index in [1.54, 1.807) is 6.07 Å². The lowest BCUT2D eigenvalue weighted by molar-refractivity contribution is 0.608. The highest BCUT2D eigenvalue weighted by Gasteiger charge is 2.12. The molecule has 0 amide bonds. The van der Waals surface area contributed by atoms with Crippen molar-refractivity contribution in [2.24, 2.45) is 0 Å². The normalized spacial score (nSPS) is 14.0. The minimum absolute atomic E-state index is 0.331. The number of anilines is 2. The van der Waals surface area contributed by atoms with Gasteiger partial charge in [0.1, 0.15) is 30.0 Å². The predicted molar refractivity (Wildman–Crippen MR) is 94.3 cm³/mol. The van der Waals surface area contributed by atoms with Crippen LogP contribution in [0.1, 0.15) is 18.4 Å². The Labute approximate surface area is 145 Å². The fourth-order valence-corrected chi connectivity index (χ4v) is 3.02. The highest BCUT2D eigenvalue weighted by Crippen LogP contribution is 2.20. The molecule has 128 valence electrons. The molecular formula is C18H19FN6. The molecule has 0 bridgehead atoms. The second kappa shape index (κ2) is 6.88. The summed E-state index contributed by atoms with van der Waals surface area (Å²) in [6.07, 6.45) is 7.24. The number of nitrogens with one attached hydrogen (secondary N) is 1. The van der Waals surface area contributed by atoms with Crippen LogP contribution in [0.15, 0.2) is 49.2 Å². The first-order chi connectivity index (χ1) is 12.3. The second-order valence-electron chi connectivity index (χ2n) is 6.08. The van der Waals surface area contributed by atoms with Gasteiger partial charge in [0, 0.05) is 19.6 Å². The molecule has 6 nitrogen and oxygen atoms in total.